The average Bonchev–Trinajstić information content (AvgIpc) is 3.02. The summed E-state index contributed by atoms with van der Waals surface area (Å²) < 4.78 is 5.28. The zero-order valence-electron chi connectivity index (χ0n) is 15.4. The van der Waals surface area contributed by atoms with Crippen LogP contribution in [0.2, 0.25) is 0 Å². The smallest absolute Gasteiger partial charge is 0.223 e. The highest BCUT2D eigenvalue weighted by Gasteiger charge is 2.39. The van der Waals surface area contributed by atoms with Crippen molar-refractivity contribution in [3.63, 3.8) is 0 Å². The van der Waals surface area contributed by atoms with E-state index >= 15 is 0 Å². The third kappa shape index (κ3) is 4.71. The molecule has 1 aromatic rings. The second-order valence-corrected chi connectivity index (χ2v) is 7.46. The molecule has 2 N–H and O–H groups in total. The standard InChI is InChI=1S/C19H31N3O2/c1-19(2,18(20)23)16-8-9-22(14-16)11-10-21(3)13-15-6-5-7-17(12-15)24-4/h5-7,12,16H,8-11,13-14H2,1-4H3,(H2,20,23)/t16-/m1/s1. The number of benzene rings is 1. The van der Waals surface area contributed by atoms with Gasteiger partial charge in [0.15, 0.2) is 0 Å². The summed E-state index contributed by atoms with van der Waals surface area (Å²) >= 11 is 0. The fourth-order valence-corrected chi connectivity index (χ4v) is 3.30. The average molecular weight is 333 g/mol. The predicted molar refractivity (Wildman–Crippen MR) is 96.9 cm³/mol. The first-order chi connectivity index (χ1) is 11.3. The summed E-state index contributed by atoms with van der Waals surface area (Å²) in [4.78, 5) is 16.4. The van der Waals surface area contributed by atoms with E-state index in [2.05, 4.69) is 29.0 Å². The first kappa shape index (κ1) is 18.7. The second kappa shape index (κ2) is 7.99. The maximum Gasteiger partial charge on any atom is 0.223 e. The molecule has 1 saturated heterocycles. The van der Waals surface area contributed by atoms with Gasteiger partial charge in [0, 0.05) is 31.6 Å². The number of likely N-dealkylation sites (tertiary alicyclic amines) is 1. The van der Waals surface area contributed by atoms with Crippen LogP contribution in [0.5, 0.6) is 5.75 Å². The van der Waals surface area contributed by atoms with Crippen molar-refractivity contribution in [3.05, 3.63) is 29.8 Å². The Labute approximate surface area is 145 Å². The van der Waals surface area contributed by atoms with Crippen molar-refractivity contribution >= 4 is 5.91 Å². The molecule has 0 aliphatic carbocycles. The highest BCUT2D eigenvalue weighted by molar-refractivity contribution is 5.80. The van der Waals surface area contributed by atoms with E-state index in [4.69, 9.17) is 10.5 Å². The van der Waals surface area contributed by atoms with Gasteiger partial charge in [-0.3, -0.25) is 4.79 Å². The highest BCUT2D eigenvalue weighted by Crippen LogP contribution is 2.33. The molecule has 0 unspecified atom stereocenters. The minimum absolute atomic E-state index is 0.190. The lowest BCUT2D eigenvalue weighted by Gasteiger charge is -2.28. The van der Waals surface area contributed by atoms with Crippen LogP contribution in [0.4, 0.5) is 0 Å². The third-order valence-electron chi connectivity index (χ3n) is 5.31. The van der Waals surface area contributed by atoms with Crippen LogP contribution < -0.4 is 10.5 Å². The molecule has 134 valence electrons. The molecule has 1 atom stereocenters. The molecule has 1 aromatic carbocycles. The van der Waals surface area contributed by atoms with Crippen molar-refractivity contribution in [2.75, 3.05) is 40.3 Å². The summed E-state index contributed by atoms with van der Waals surface area (Å²) in [6.45, 7) is 8.88. The van der Waals surface area contributed by atoms with Crippen molar-refractivity contribution < 1.29 is 9.53 Å². The molecule has 0 radical (unpaired) electrons. The van der Waals surface area contributed by atoms with E-state index in [1.54, 1.807) is 7.11 Å². The van der Waals surface area contributed by atoms with Crippen molar-refractivity contribution in [2.24, 2.45) is 17.1 Å². The number of ether oxygens (including phenoxy) is 1. The summed E-state index contributed by atoms with van der Waals surface area (Å²) in [7, 11) is 3.83. The van der Waals surface area contributed by atoms with Gasteiger partial charge in [-0.2, -0.15) is 0 Å². The van der Waals surface area contributed by atoms with Gasteiger partial charge in [-0.1, -0.05) is 26.0 Å². The summed E-state index contributed by atoms with van der Waals surface area (Å²) in [5, 5.41) is 0. The lowest BCUT2D eigenvalue weighted by molar-refractivity contribution is -0.128. The van der Waals surface area contributed by atoms with E-state index in [0.717, 1.165) is 44.9 Å². The Kier molecular flexibility index (Phi) is 6.24. The topological polar surface area (TPSA) is 58.8 Å². The maximum atomic E-state index is 11.6. The van der Waals surface area contributed by atoms with E-state index in [-0.39, 0.29) is 5.91 Å². The molecular weight excluding hydrogens is 302 g/mol. The normalized spacial score (nSPS) is 19.0. The van der Waals surface area contributed by atoms with Crippen LogP contribution in [0.25, 0.3) is 0 Å². The monoisotopic (exact) mass is 333 g/mol. The Morgan fingerprint density at radius 3 is 2.88 bits per heavy atom. The first-order valence-corrected chi connectivity index (χ1v) is 8.66. The van der Waals surface area contributed by atoms with Crippen LogP contribution in [0, 0.1) is 11.3 Å². The summed E-state index contributed by atoms with van der Waals surface area (Å²) in [5.74, 6) is 1.07. The number of hydrogen-bond acceptors (Lipinski definition) is 4. The van der Waals surface area contributed by atoms with Gasteiger partial charge in [0.05, 0.1) is 7.11 Å². The van der Waals surface area contributed by atoms with Gasteiger partial charge in [-0.05, 0) is 43.6 Å². The molecule has 1 aliphatic heterocycles. The lowest BCUT2D eigenvalue weighted by Crippen LogP contribution is -2.40. The molecule has 0 bridgehead atoms. The molecule has 1 heterocycles. The van der Waals surface area contributed by atoms with Gasteiger partial charge in [-0.25, -0.2) is 0 Å². The summed E-state index contributed by atoms with van der Waals surface area (Å²) in [5.41, 5.74) is 6.39. The fraction of sp³-hybridized carbons (Fsp3) is 0.632. The number of rotatable bonds is 8. The lowest BCUT2D eigenvalue weighted by atomic mass is 9.78. The molecule has 0 spiro atoms. The number of nitrogens with two attached hydrogens (primary N) is 1. The van der Waals surface area contributed by atoms with Crippen LogP contribution in [-0.2, 0) is 11.3 Å². The summed E-state index contributed by atoms with van der Waals surface area (Å²) in [6.07, 6.45) is 1.05. The Hall–Kier alpha value is -1.59. The number of nitrogens with zero attached hydrogens (tertiary/aromatic N) is 2. The Bertz CT molecular complexity index is 559. The maximum absolute atomic E-state index is 11.6. The van der Waals surface area contributed by atoms with Gasteiger partial charge >= 0.3 is 0 Å². The number of primary amides is 1. The number of methoxy groups -OCH3 is 1. The van der Waals surface area contributed by atoms with Crippen LogP contribution in [0.3, 0.4) is 0 Å². The SMILES string of the molecule is COc1cccc(CN(C)CCN2CC[C@@H](C(C)(C)C(N)=O)C2)c1. The third-order valence-corrected chi connectivity index (χ3v) is 5.31. The van der Waals surface area contributed by atoms with Crippen molar-refractivity contribution in [3.8, 4) is 5.75 Å². The summed E-state index contributed by atoms with van der Waals surface area (Å²) in [6, 6.07) is 8.20. The molecule has 1 aliphatic rings. The molecule has 1 amide bonds. The highest BCUT2D eigenvalue weighted by atomic mass is 16.5. The zero-order chi connectivity index (χ0) is 17.7. The number of carbonyl (C=O) groups is 1. The Morgan fingerprint density at radius 1 is 1.46 bits per heavy atom. The van der Waals surface area contributed by atoms with E-state index < -0.39 is 5.41 Å². The minimum atomic E-state index is -0.415. The molecule has 5 heteroatoms. The Balaban J connectivity index is 1.78. The van der Waals surface area contributed by atoms with E-state index in [1.807, 2.05) is 26.0 Å². The van der Waals surface area contributed by atoms with Gasteiger partial charge < -0.3 is 20.3 Å². The molecule has 0 aromatic heterocycles. The van der Waals surface area contributed by atoms with Crippen LogP contribution in [-0.4, -0.2) is 56.0 Å². The molecule has 5 nitrogen and oxygen atoms in total. The minimum Gasteiger partial charge on any atom is -0.497 e. The zero-order valence-corrected chi connectivity index (χ0v) is 15.4. The van der Waals surface area contributed by atoms with Crippen LogP contribution in [0.15, 0.2) is 24.3 Å². The largest absolute Gasteiger partial charge is 0.497 e. The number of amides is 1. The fourth-order valence-electron chi connectivity index (χ4n) is 3.30. The molecule has 24 heavy (non-hydrogen) atoms. The van der Waals surface area contributed by atoms with Crippen molar-refractivity contribution in [2.45, 2.75) is 26.8 Å². The van der Waals surface area contributed by atoms with E-state index in [0.29, 0.717) is 5.92 Å². The van der Waals surface area contributed by atoms with Crippen molar-refractivity contribution in [1.29, 1.82) is 0 Å². The van der Waals surface area contributed by atoms with Crippen LogP contribution in [0.1, 0.15) is 25.8 Å². The van der Waals surface area contributed by atoms with Gasteiger partial charge in [0.2, 0.25) is 5.91 Å². The van der Waals surface area contributed by atoms with Gasteiger partial charge in [-0.15, -0.1) is 0 Å². The van der Waals surface area contributed by atoms with E-state index in [9.17, 15) is 4.79 Å². The quantitative estimate of drug-likeness (QED) is 0.790. The first-order valence-electron chi connectivity index (χ1n) is 8.66. The predicted octanol–water partition coefficient (Wildman–Crippen LogP) is 1.96. The number of carbonyl (C=O) groups excluding carboxylic acids is 1. The van der Waals surface area contributed by atoms with Crippen LogP contribution >= 0.6 is 0 Å². The molecule has 1 fully saturated rings. The van der Waals surface area contributed by atoms with E-state index in [1.165, 1.54) is 5.56 Å². The Morgan fingerprint density at radius 2 is 2.21 bits per heavy atom. The van der Waals surface area contributed by atoms with Gasteiger partial charge in [0.1, 0.15) is 5.75 Å². The van der Waals surface area contributed by atoms with Gasteiger partial charge in [0.25, 0.3) is 0 Å². The number of hydrogen-bond donors (Lipinski definition) is 1. The molecular formula is C19H31N3O2. The second-order valence-electron chi connectivity index (χ2n) is 7.46. The van der Waals surface area contributed by atoms with Crippen molar-refractivity contribution in [1.82, 2.24) is 9.80 Å². The number of likely N-dealkylation sites (N-methyl/N-ethyl adjacent to an activating group) is 1. The molecule has 0 saturated carbocycles. The molecule has 2 rings (SSSR count).